The number of hydrogen-bond acceptors (Lipinski definition) is 3. The van der Waals surface area contributed by atoms with Crippen molar-refractivity contribution in [1.29, 1.82) is 0 Å². The number of aliphatic carboxylic acids is 1. The molecule has 0 radical (unpaired) electrons. The minimum absolute atomic E-state index is 0.0995. The van der Waals surface area contributed by atoms with Gasteiger partial charge in [-0.25, -0.2) is 4.79 Å². The van der Waals surface area contributed by atoms with Gasteiger partial charge in [-0.15, -0.1) is 0 Å². The Morgan fingerprint density at radius 2 is 2.05 bits per heavy atom. The summed E-state index contributed by atoms with van der Waals surface area (Å²) in [5.74, 6) is -0.747. The van der Waals surface area contributed by atoms with Crippen molar-refractivity contribution in [3.05, 3.63) is 0 Å². The standard InChI is InChI=1S/C14H25NO4/c1-5-7-14(11(16)17)8-6-10(9-14)15-12(18)19-13(2,3)4/h10H,5-9H2,1-4H3,(H,15,18)(H,16,17)/t10-,14+/m1/s1. The van der Waals surface area contributed by atoms with Crippen LogP contribution in [-0.2, 0) is 9.53 Å². The Morgan fingerprint density at radius 3 is 2.53 bits per heavy atom. The van der Waals surface area contributed by atoms with Gasteiger partial charge in [0.05, 0.1) is 5.41 Å². The zero-order valence-corrected chi connectivity index (χ0v) is 12.3. The number of carboxylic acids is 1. The number of ether oxygens (including phenoxy) is 1. The maximum Gasteiger partial charge on any atom is 0.407 e. The molecule has 1 fully saturated rings. The van der Waals surface area contributed by atoms with E-state index >= 15 is 0 Å². The average molecular weight is 271 g/mol. The second kappa shape index (κ2) is 5.80. The number of alkyl carbamates (subject to hydrolysis) is 1. The van der Waals surface area contributed by atoms with Crippen molar-refractivity contribution in [3.8, 4) is 0 Å². The molecule has 1 amide bonds. The molecule has 0 aromatic heterocycles. The van der Waals surface area contributed by atoms with Crippen LogP contribution in [0.4, 0.5) is 4.79 Å². The molecule has 1 saturated carbocycles. The summed E-state index contributed by atoms with van der Waals surface area (Å²) in [5.41, 5.74) is -1.20. The highest BCUT2D eigenvalue weighted by Crippen LogP contribution is 2.42. The molecule has 0 bridgehead atoms. The van der Waals surface area contributed by atoms with Crippen molar-refractivity contribution in [2.24, 2.45) is 5.41 Å². The van der Waals surface area contributed by atoms with Crippen LogP contribution in [0.25, 0.3) is 0 Å². The maximum atomic E-state index is 11.7. The van der Waals surface area contributed by atoms with E-state index in [2.05, 4.69) is 5.32 Å². The summed E-state index contributed by atoms with van der Waals surface area (Å²) in [6.07, 6.45) is 2.85. The van der Waals surface area contributed by atoms with Gasteiger partial charge < -0.3 is 15.2 Å². The van der Waals surface area contributed by atoms with Crippen LogP contribution in [0.1, 0.15) is 59.8 Å². The number of nitrogens with one attached hydrogen (secondary N) is 1. The largest absolute Gasteiger partial charge is 0.481 e. The van der Waals surface area contributed by atoms with Gasteiger partial charge in [0.2, 0.25) is 0 Å². The molecule has 0 heterocycles. The topological polar surface area (TPSA) is 75.6 Å². The molecule has 0 unspecified atom stereocenters. The summed E-state index contributed by atoms with van der Waals surface area (Å²) in [6, 6.07) is -0.0995. The molecule has 1 aliphatic rings. The molecule has 2 atom stereocenters. The minimum Gasteiger partial charge on any atom is -0.481 e. The number of hydrogen-bond donors (Lipinski definition) is 2. The van der Waals surface area contributed by atoms with Crippen LogP contribution in [0.3, 0.4) is 0 Å². The lowest BCUT2D eigenvalue weighted by molar-refractivity contribution is -0.149. The molecule has 0 aliphatic heterocycles. The summed E-state index contributed by atoms with van der Waals surface area (Å²) in [5, 5.41) is 12.2. The van der Waals surface area contributed by atoms with Gasteiger partial charge in [0.25, 0.3) is 0 Å². The second-order valence-corrected chi connectivity index (χ2v) is 6.42. The SMILES string of the molecule is CCC[C@]1(C(=O)O)CC[C@@H](NC(=O)OC(C)(C)C)C1. The normalized spacial score (nSPS) is 27.1. The highest BCUT2D eigenvalue weighted by Gasteiger charge is 2.45. The number of amides is 1. The van der Waals surface area contributed by atoms with Gasteiger partial charge in [-0.1, -0.05) is 13.3 Å². The number of carbonyl (C=O) groups excluding carboxylic acids is 1. The minimum atomic E-state index is -0.747. The van der Waals surface area contributed by atoms with Crippen molar-refractivity contribution in [2.75, 3.05) is 0 Å². The van der Waals surface area contributed by atoms with Gasteiger partial charge >= 0.3 is 12.1 Å². The summed E-state index contributed by atoms with van der Waals surface area (Å²) in [6.45, 7) is 7.40. The Balaban J connectivity index is 2.56. The first-order chi connectivity index (χ1) is 8.68. The monoisotopic (exact) mass is 271 g/mol. The lowest BCUT2D eigenvalue weighted by Gasteiger charge is -2.25. The van der Waals surface area contributed by atoms with Gasteiger partial charge in [-0.2, -0.15) is 0 Å². The van der Waals surface area contributed by atoms with E-state index in [-0.39, 0.29) is 6.04 Å². The summed E-state index contributed by atoms with van der Waals surface area (Å²) < 4.78 is 5.19. The van der Waals surface area contributed by atoms with Crippen molar-refractivity contribution in [3.63, 3.8) is 0 Å². The molecule has 0 spiro atoms. The van der Waals surface area contributed by atoms with Crippen LogP contribution < -0.4 is 5.32 Å². The summed E-state index contributed by atoms with van der Waals surface area (Å²) in [7, 11) is 0. The van der Waals surface area contributed by atoms with E-state index in [1.165, 1.54) is 0 Å². The van der Waals surface area contributed by atoms with Crippen LogP contribution in [0, 0.1) is 5.41 Å². The first-order valence-corrected chi connectivity index (χ1v) is 6.91. The van der Waals surface area contributed by atoms with Crippen LogP contribution >= 0.6 is 0 Å². The Hall–Kier alpha value is -1.26. The van der Waals surface area contributed by atoms with E-state index < -0.39 is 23.1 Å². The van der Waals surface area contributed by atoms with Crippen LogP contribution in [-0.4, -0.2) is 28.8 Å². The average Bonchev–Trinajstić information content (AvgIpc) is 2.60. The van der Waals surface area contributed by atoms with E-state index in [1.807, 2.05) is 6.92 Å². The summed E-state index contributed by atoms with van der Waals surface area (Å²) >= 11 is 0. The highest BCUT2D eigenvalue weighted by molar-refractivity contribution is 5.75. The van der Waals surface area contributed by atoms with Gasteiger partial charge in [0.1, 0.15) is 5.60 Å². The van der Waals surface area contributed by atoms with Crippen molar-refractivity contribution in [1.82, 2.24) is 5.32 Å². The van der Waals surface area contributed by atoms with E-state index in [0.29, 0.717) is 25.7 Å². The third-order valence-electron chi connectivity index (χ3n) is 3.51. The molecule has 5 heteroatoms. The van der Waals surface area contributed by atoms with E-state index in [0.717, 1.165) is 6.42 Å². The van der Waals surface area contributed by atoms with Crippen molar-refractivity contribution < 1.29 is 19.4 Å². The van der Waals surface area contributed by atoms with Gasteiger partial charge in [0, 0.05) is 6.04 Å². The van der Waals surface area contributed by atoms with Crippen LogP contribution in [0.2, 0.25) is 0 Å². The fourth-order valence-corrected chi connectivity index (χ4v) is 2.73. The van der Waals surface area contributed by atoms with Crippen molar-refractivity contribution in [2.45, 2.75) is 71.4 Å². The molecular weight excluding hydrogens is 246 g/mol. The Labute approximate surface area is 114 Å². The van der Waals surface area contributed by atoms with Crippen LogP contribution in [0.15, 0.2) is 0 Å². The highest BCUT2D eigenvalue weighted by atomic mass is 16.6. The smallest absolute Gasteiger partial charge is 0.407 e. The van der Waals surface area contributed by atoms with Crippen LogP contribution in [0.5, 0.6) is 0 Å². The van der Waals surface area contributed by atoms with Gasteiger partial charge in [-0.05, 0) is 46.5 Å². The molecule has 0 saturated heterocycles. The zero-order valence-electron chi connectivity index (χ0n) is 12.3. The van der Waals surface area contributed by atoms with E-state index in [4.69, 9.17) is 4.74 Å². The Bertz CT molecular complexity index is 348. The first kappa shape index (κ1) is 15.8. The van der Waals surface area contributed by atoms with Crippen molar-refractivity contribution >= 4 is 12.1 Å². The second-order valence-electron chi connectivity index (χ2n) is 6.42. The number of rotatable bonds is 4. The molecule has 1 rings (SSSR count). The fourth-order valence-electron chi connectivity index (χ4n) is 2.73. The third-order valence-corrected chi connectivity index (χ3v) is 3.51. The van der Waals surface area contributed by atoms with E-state index in [1.54, 1.807) is 20.8 Å². The first-order valence-electron chi connectivity index (χ1n) is 6.91. The lowest BCUT2D eigenvalue weighted by Crippen LogP contribution is -2.39. The predicted molar refractivity (Wildman–Crippen MR) is 72.0 cm³/mol. The molecule has 5 nitrogen and oxygen atoms in total. The Morgan fingerprint density at radius 1 is 1.42 bits per heavy atom. The van der Waals surface area contributed by atoms with Gasteiger partial charge in [-0.3, -0.25) is 4.79 Å². The maximum absolute atomic E-state index is 11.7. The zero-order chi connectivity index (χ0) is 14.7. The molecule has 0 aromatic carbocycles. The fraction of sp³-hybridized carbons (Fsp3) is 0.857. The predicted octanol–water partition coefficient (Wildman–Crippen LogP) is 2.93. The number of carboxylic acid groups (broad SMARTS) is 1. The quantitative estimate of drug-likeness (QED) is 0.824. The molecule has 110 valence electrons. The Kier molecular flexibility index (Phi) is 4.82. The van der Waals surface area contributed by atoms with Gasteiger partial charge in [0.15, 0.2) is 0 Å². The third kappa shape index (κ3) is 4.40. The van der Waals surface area contributed by atoms with E-state index in [9.17, 15) is 14.7 Å². The molecular formula is C14H25NO4. The molecule has 0 aromatic rings. The molecule has 2 N–H and O–H groups in total. The summed E-state index contributed by atoms with van der Waals surface area (Å²) in [4.78, 5) is 23.1. The lowest BCUT2D eigenvalue weighted by atomic mass is 9.81. The molecule has 1 aliphatic carbocycles. The molecule has 19 heavy (non-hydrogen) atoms. The number of carbonyl (C=O) groups is 2.